The first-order valence-corrected chi connectivity index (χ1v) is 6.40. The smallest absolute Gasteiger partial charge is 0.153 e. The second-order valence-corrected chi connectivity index (χ2v) is 5.09. The molecule has 0 saturated heterocycles. The van der Waals surface area contributed by atoms with Crippen molar-refractivity contribution >= 4 is 62.2 Å². The van der Waals surface area contributed by atoms with Crippen LogP contribution >= 0.6 is 50.7 Å². The number of rotatable bonds is 2. The molecular formula is C10H5BrCl3N3. The predicted octanol–water partition coefficient (Wildman–Crippen LogP) is 4.94. The highest BCUT2D eigenvalue weighted by Crippen LogP contribution is 2.36. The third-order valence-corrected chi connectivity index (χ3v) is 3.90. The fourth-order valence-electron chi connectivity index (χ4n) is 1.14. The Morgan fingerprint density at radius 2 is 1.71 bits per heavy atom. The lowest BCUT2D eigenvalue weighted by Crippen LogP contribution is -1.96. The van der Waals surface area contributed by atoms with Crippen LogP contribution in [-0.2, 0) is 0 Å². The second kappa shape index (κ2) is 5.40. The van der Waals surface area contributed by atoms with Gasteiger partial charge < -0.3 is 5.32 Å². The third kappa shape index (κ3) is 3.01. The minimum absolute atomic E-state index is 0.329. The molecule has 1 N–H and O–H groups in total. The first kappa shape index (κ1) is 12.9. The number of aromatic nitrogens is 2. The summed E-state index contributed by atoms with van der Waals surface area (Å²) in [6.45, 7) is 0. The van der Waals surface area contributed by atoms with Gasteiger partial charge in [-0.25, -0.2) is 0 Å². The quantitative estimate of drug-likeness (QED) is 0.777. The number of hydrogen-bond acceptors (Lipinski definition) is 3. The summed E-state index contributed by atoms with van der Waals surface area (Å²) in [6.07, 6.45) is 0. The average molecular weight is 353 g/mol. The molecule has 0 spiro atoms. The number of halogens is 4. The van der Waals surface area contributed by atoms with Crippen LogP contribution in [0.2, 0.25) is 15.2 Å². The van der Waals surface area contributed by atoms with Crippen LogP contribution in [0.25, 0.3) is 0 Å². The number of nitrogens with zero attached hydrogens (tertiary/aromatic N) is 2. The van der Waals surface area contributed by atoms with Crippen LogP contribution in [0.15, 0.2) is 28.7 Å². The molecule has 0 radical (unpaired) electrons. The van der Waals surface area contributed by atoms with E-state index >= 15 is 0 Å². The minimum atomic E-state index is 0.329. The molecule has 0 unspecified atom stereocenters. The van der Waals surface area contributed by atoms with Gasteiger partial charge in [0.25, 0.3) is 0 Å². The van der Waals surface area contributed by atoms with Gasteiger partial charge in [0.05, 0.1) is 15.7 Å². The molecule has 0 aliphatic rings. The number of nitrogens with one attached hydrogen (secondary N) is 1. The lowest BCUT2D eigenvalue weighted by Gasteiger charge is -2.09. The summed E-state index contributed by atoms with van der Waals surface area (Å²) in [4.78, 5) is 0. The van der Waals surface area contributed by atoms with Gasteiger partial charge in [0.15, 0.2) is 11.0 Å². The highest BCUT2D eigenvalue weighted by Gasteiger charge is 2.09. The Bertz CT molecular complexity index is 545. The molecule has 2 aromatic rings. The van der Waals surface area contributed by atoms with Crippen LogP contribution in [-0.4, -0.2) is 10.2 Å². The average Bonchev–Trinajstić information content (AvgIpc) is 2.33. The van der Waals surface area contributed by atoms with Gasteiger partial charge in [-0.3, -0.25) is 0 Å². The molecular weight excluding hydrogens is 348 g/mol. The van der Waals surface area contributed by atoms with Gasteiger partial charge in [0.2, 0.25) is 0 Å². The molecule has 2 rings (SSSR count). The van der Waals surface area contributed by atoms with Crippen molar-refractivity contribution in [1.82, 2.24) is 10.2 Å². The van der Waals surface area contributed by atoms with E-state index in [-0.39, 0.29) is 0 Å². The van der Waals surface area contributed by atoms with E-state index in [2.05, 4.69) is 31.4 Å². The van der Waals surface area contributed by atoms with Crippen molar-refractivity contribution in [1.29, 1.82) is 0 Å². The second-order valence-electron chi connectivity index (χ2n) is 3.09. The fraction of sp³-hybridized carbons (Fsp3) is 0. The van der Waals surface area contributed by atoms with E-state index in [9.17, 15) is 0 Å². The summed E-state index contributed by atoms with van der Waals surface area (Å²) < 4.78 is 0.733. The van der Waals surface area contributed by atoms with Crippen molar-refractivity contribution < 1.29 is 0 Å². The van der Waals surface area contributed by atoms with Crippen LogP contribution in [0.3, 0.4) is 0 Å². The Morgan fingerprint density at radius 3 is 2.35 bits per heavy atom. The van der Waals surface area contributed by atoms with Crippen molar-refractivity contribution in [2.24, 2.45) is 0 Å². The van der Waals surface area contributed by atoms with Gasteiger partial charge >= 0.3 is 0 Å². The van der Waals surface area contributed by atoms with E-state index in [4.69, 9.17) is 34.8 Å². The Kier molecular flexibility index (Phi) is 4.09. The van der Waals surface area contributed by atoms with Gasteiger partial charge in [0.1, 0.15) is 0 Å². The maximum Gasteiger partial charge on any atom is 0.153 e. The predicted molar refractivity (Wildman–Crippen MR) is 74.5 cm³/mol. The monoisotopic (exact) mass is 351 g/mol. The molecule has 1 aromatic carbocycles. The fourth-order valence-corrected chi connectivity index (χ4v) is 2.07. The molecule has 0 fully saturated rings. The van der Waals surface area contributed by atoms with Crippen LogP contribution in [0.5, 0.6) is 0 Å². The molecule has 1 aromatic heterocycles. The Labute approximate surface area is 121 Å². The van der Waals surface area contributed by atoms with Crippen molar-refractivity contribution in [3.8, 4) is 0 Å². The van der Waals surface area contributed by atoms with E-state index in [0.717, 1.165) is 4.47 Å². The standard InChI is InChI=1S/C10H5BrCl3N3/c11-5-1-2-6(10(14)9(5)13)15-8-4-3-7(12)16-17-8/h1-4H,(H,15,17). The van der Waals surface area contributed by atoms with Gasteiger partial charge in [0, 0.05) is 4.47 Å². The maximum atomic E-state index is 6.08. The van der Waals surface area contributed by atoms with Crippen molar-refractivity contribution in [2.45, 2.75) is 0 Å². The molecule has 0 atom stereocenters. The van der Waals surface area contributed by atoms with Crippen molar-refractivity contribution in [3.05, 3.63) is 43.9 Å². The molecule has 88 valence electrons. The zero-order valence-electron chi connectivity index (χ0n) is 8.22. The minimum Gasteiger partial charge on any atom is -0.337 e. The summed E-state index contributed by atoms with van der Waals surface area (Å²) in [5.74, 6) is 0.537. The Morgan fingerprint density at radius 1 is 0.941 bits per heavy atom. The summed E-state index contributed by atoms with van der Waals surface area (Å²) in [5, 5.41) is 11.8. The molecule has 3 nitrogen and oxygen atoms in total. The van der Waals surface area contributed by atoms with E-state index in [1.165, 1.54) is 0 Å². The normalized spacial score (nSPS) is 10.4. The molecule has 0 amide bonds. The Balaban J connectivity index is 2.30. The Hall–Kier alpha value is -0.550. The largest absolute Gasteiger partial charge is 0.337 e. The van der Waals surface area contributed by atoms with Crippen LogP contribution in [0, 0.1) is 0 Å². The lowest BCUT2D eigenvalue weighted by atomic mass is 10.3. The van der Waals surface area contributed by atoms with Crippen molar-refractivity contribution in [2.75, 3.05) is 5.32 Å². The highest BCUT2D eigenvalue weighted by molar-refractivity contribution is 9.10. The molecule has 0 saturated carbocycles. The van der Waals surface area contributed by atoms with Gasteiger partial charge in [-0.05, 0) is 40.2 Å². The lowest BCUT2D eigenvalue weighted by molar-refractivity contribution is 1.04. The highest BCUT2D eigenvalue weighted by atomic mass is 79.9. The summed E-state index contributed by atoms with van der Waals surface area (Å²) in [5.41, 5.74) is 0.650. The summed E-state index contributed by atoms with van der Waals surface area (Å²) in [7, 11) is 0. The molecule has 0 aliphatic carbocycles. The van der Waals surface area contributed by atoms with Crippen LogP contribution in [0.1, 0.15) is 0 Å². The SMILES string of the molecule is Clc1ccc(Nc2ccc(Br)c(Cl)c2Cl)nn1. The van der Waals surface area contributed by atoms with E-state index in [1.807, 2.05) is 0 Å². The zero-order valence-corrected chi connectivity index (χ0v) is 12.1. The molecule has 0 bridgehead atoms. The van der Waals surface area contributed by atoms with E-state index < -0.39 is 0 Å². The maximum absolute atomic E-state index is 6.08. The molecule has 17 heavy (non-hydrogen) atoms. The zero-order chi connectivity index (χ0) is 12.4. The van der Waals surface area contributed by atoms with Crippen molar-refractivity contribution in [3.63, 3.8) is 0 Å². The van der Waals surface area contributed by atoms with Crippen LogP contribution < -0.4 is 5.32 Å². The molecule has 1 heterocycles. The number of benzene rings is 1. The van der Waals surface area contributed by atoms with E-state index in [0.29, 0.717) is 26.7 Å². The third-order valence-electron chi connectivity index (χ3n) is 1.93. The number of anilines is 2. The summed E-state index contributed by atoms with van der Waals surface area (Å²) in [6, 6.07) is 6.90. The van der Waals surface area contributed by atoms with Crippen LogP contribution in [0.4, 0.5) is 11.5 Å². The van der Waals surface area contributed by atoms with E-state index in [1.54, 1.807) is 24.3 Å². The summed E-state index contributed by atoms with van der Waals surface area (Å²) >= 11 is 21.0. The first-order valence-electron chi connectivity index (χ1n) is 4.47. The van der Waals surface area contributed by atoms with Gasteiger partial charge in [-0.1, -0.05) is 34.8 Å². The van der Waals surface area contributed by atoms with Gasteiger partial charge in [-0.15, -0.1) is 10.2 Å². The molecule has 7 heteroatoms. The van der Waals surface area contributed by atoms with Gasteiger partial charge in [-0.2, -0.15) is 0 Å². The number of hydrogen-bond donors (Lipinski definition) is 1. The first-order chi connectivity index (χ1) is 8.08. The molecule has 0 aliphatic heterocycles. The topological polar surface area (TPSA) is 37.8 Å².